The lowest BCUT2D eigenvalue weighted by molar-refractivity contribution is -0.119. The van der Waals surface area contributed by atoms with Crippen LogP contribution in [0, 0.1) is 0 Å². The van der Waals surface area contributed by atoms with Crippen molar-refractivity contribution in [2.75, 3.05) is 18.0 Å². The van der Waals surface area contributed by atoms with Gasteiger partial charge in [-0.15, -0.1) is 0 Å². The predicted molar refractivity (Wildman–Crippen MR) is 91.2 cm³/mol. The zero-order valence-corrected chi connectivity index (χ0v) is 13.9. The maximum Gasteiger partial charge on any atom is 0.217 e. The van der Waals surface area contributed by atoms with E-state index in [0.717, 1.165) is 29.6 Å². The standard InChI is InChI=1S/C17H18ClN3O2/c1-10(22)14-8-15(18)13-4-3-6-19-16(13)17(14)21-7-5-12(9-21)20-11(2)23/h3-4,6,8,12H,5,7,9H2,1-2H3,(H,20,23)/t12-/m0/s1. The van der Waals surface area contributed by atoms with Crippen LogP contribution in [-0.4, -0.2) is 35.8 Å². The fraction of sp³-hybridized carbons (Fsp3) is 0.353. The molecule has 120 valence electrons. The first-order chi connectivity index (χ1) is 11.0. The maximum absolute atomic E-state index is 12.1. The van der Waals surface area contributed by atoms with Gasteiger partial charge in [-0.1, -0.05) is 11.6 Å². The Hall–Kier alpha value is -2.14. The van der Waals surface area contributed by atoms with Crippen molar-refractivity contribution in [1.29, 1.82) is 0 Å². The predicted octanol–water partition coefficient (Wildman–Crippen LogP) is 2.81. The zero-order valence-electron chi connectivity index (χ0n) is 13.1. The molecule has 1 N–H and O–H groups in total. The third kappa shape index (κ3) is 3.01. The van der Waals surface area contributed by atoms with Gasteiger partial charge in [-0.3, -0.25) is 14.6 Å². The minimum Gasteiger partial charge on any atom is -0.367 e. The Bertz CT molecular complexity index is 791. The van der Waals surface area contributed by atoms with E-state index < -0.39 is 0 Å². The number of anilines is 1. The number of halogens is 1. The third-order valence-corrected chi connectivity index (χ3v) is 4.42. The summed E-state index contributed by atoms with van der Waals surface area (Å²) in [6, 6.07) is 5.53. The smallest absolute Gasteiger partial charge is 0.217 e. The van der Waals surface area contributed by atoms with Crippen molar-refractivity contribution >= 4 is 39.9 Å². The first-order valence-corrected chi connectivity index (χ1v) is 7.95. The van der Waals surface area contributed by atoms with Gasteiger partial charge in [0, 0.05) is 43.2 Å². The molecule has 1 aliphatic rings. The number of carbonyl (C=O) groups is 2. The highest BCUT2D eigenvalue weighted by atomic mass is 35.5. The van der Waals surface area contributed by atoms with Crippen molar-refractivity contribution in [3.05, 3.63) is 35.0 Å². The van der Waals surface area contributed by atoms with E-state index in [2.05, 4.69) is 15.2 Å². The fourth-order valence-electron chi connectivity index (χ4n) is 3.14. The monoisotopic (exact) mass is 331 g/mol. The molecule has 1 aliphatic heterocycles. The quantitative estimate of drug-likeness (QED) is 0.878. The summed E-state index contributed by atoms with van der Waals surface area (Å²) in [5.74, 6) is -0.0832. The molecule has 0 saturated carbocycles. The second-order valence-corrected chi connectivity index (χ2v) is 6.25. The van der Waals surface area contributed by atoms with Crippen molar-refractivity contribution in [2.24, 2.45) is 0 Å². The van der Waals surface area contributed by atoms with Crippen molar-refractivity contribution < 1.29 is 9.59 Å². The Balaban J connectivity index is 2.09. The number of hydrogen-bond acceptors (Lipinski definition) is 4. The second-order valence-electron chi connectivity index (χ2n) is 5.84. The Labute approximate surface area is 139 Å². The minimum atomic E-state index is -0.0440. The average Bonchev–Trinajstić information content (AvgIpc) is 2.94. The van der Waals surface area contributed by atoms with Gasteiger partial charge in [-0.05, 0) is 31.5 Å². The van der Waals surface area contributed by atoms with Gasteiger partial charge in [0.2, 0.25) is 5.91 Å². The number of hydrogen-bond donors (Lipinski definition) is 1. The van der Waals surface area contributed by atoms with Crippen LogP contribution in [0.25, 0.3) is 10.9 Å². The molecule has 1 amide bonds. The Morgan fingerprint density at radius 1 is 1.39 bits per heavy atom. The number of amides is 1. The number of nitrogens with zero attached hydrogens (tertiary/aromatic N) is 2. The number of fused-ring (bicyclic) bond motifs is 1. The van der Waals surface area contributed by atoms with E-state index in [4.69, 9.17) is 11.6 Å². The summed E-state index contributed by atoms with van der Waals surface area (Å²) in [6.45, 7) is 4.47. The second kappa shape index (κ2) is 6.16. The van der Waals surface area contributed by atoms with Crippen molar-refractivity contribution in [3.8, 4) is 0 Å². The Morgan fingerprint density at radius 2 is 2.17 bits per heavy atom. The molecule has 1 aromatic carbocycles. The normalized spacial score (nSPS) is 17.5. The number of Topliss-reactive ketones (excluding diaryl/α,β-unsaturated/α-hetero) is 1. The van der Waals surface area contributed by atoms with E-state index in [1.54, 1.807) is 12.3 Å². The van der Waals surface area contributed by atoms with Crippen LogP contribution >= 0.6 is 11.6 Å². The lowest BCUT2D eigenvalue weighted by Gasteiger charge is -2.23. The molecule has 1 fully saturated rings. The van der Waals surface area contributed by atoms with Crippen molar-refractivity contribution in [2.45, 2.75) is 26.3 Å². The molecular formula is C17H18ClN3O2. The van der Waals surface area contributed by atoms with Crippen LogP contribution < -0.4 is 10.2 Å². The lowest BCUT2D eigenvalue weighted by atomic mass is 10.0. The van der Waals surface area contributed by atoms with Gasteiger partial charge in [0.15, 0.2) is 5.78 Å². The van der Waals surface area contributed by atoms with Gasteiger partial charge >= 0.3 is 0 Å². The van der Waals surface area contributed by atoms with Crippen LogP contribution in [0.15, 0.2) is 24.4 Å². The van der Waals surface area contributed by atoms with Crippen LogP contribution in [0.2, 0.25) is 5.02 Å². The molecule has 1 aromatic heterocycles. The summed E-state index contributed by atoms with van der Waals surface area (Å²) in [4.78, 5) is 29.9. The van der Waals surface area contributed by atoms with E-state index in [0.29, 0.717) is 17.1 Å². The van der Waals surface area contributed by atoms with Crippen molar-refractivity contribution in [3.63, 3.8) is 0 Å². The van der Waals surface area contributed by atoms with Gasteiger partial charge in [-0.25, -0.2) is 0 Å². The molecule has 3 rings (SSSR count). The number of nitrogens with one attached hydrogen (secondary N) is 1. The number of ketones is 1. The number of benzene rings is 1. The summed E-state index contributed by atoms with van der Waals surface area (Å²) in [6.07, 6.45) is 2.54. The maximum atomic E-state index is 12.1. The van der Waals surface area contributed by atoms with E-state index in [-0.39, 0.29) is 17.7 Å². The molecule has 1 atom stereocenters. The van der Waals surface area contributed by atoms with E-state index in [9.17, 15) is 9.59 Å². The van der Waals surface area contributed by atoms with E-state index >= 15 is 0 Å². The number of aromatic nitrogens is 1. The molecular weight excluding hydrogens is 314 g/mol. The van der Waals surface area contributed by atoms with Crippen molar-refractivity contribution in [1.82, 2.24) is 10.3 Å². The first kappa shape index (κ1) is 15.7. The molecule has 6 heteroatoms. The number of carbonyl (C=O) groups excluding carboxylic acids is 2. The lowest BCUT2D eigenvalue weighted by Crippen LogP contribution is -2.35. The molecule has 0 aliphatic carbocycles. The molecule has 0 spiro atoms. The van der Waals surface area contributed by atoms with Gasteiger partial charge in [0.05, 0.1) is 16.2 Å². The molecule has 2 heterocycles. The van der Waals surface area contributed by atoms with Crippen LogP contribution in [0.3, 0.4) is 0 Å². The summed E-state index contributed by atoms with van der Waals surface area (Å²) in [7, 11) is 0. The molecule has 0 radical (unpaired) electrons. The Morgan fingerprint density at radius 3 is 2.87 bits per heavy atom. The molecule has 5 nitrogen and oxygen atoms in total. The zero-order chi connectivity index (χ0) is 16.6. The molecule has 2 aromatic rings. The number of rotatable bonds is 3. The highest BCUT2D eigenvalue weighted by Gasteiger charge is 2.28. The van der Waals surface area contributed by atoms with Gasteiger partial charge in [0.25, 0.3) is 0 Å². The summed E-state index contributed by atoms with van der Waals surface area (Å²) in [5.41, 5.74) is 2.11. The van der Waals surface area contributed by atoms with E-state index in [1.807, 2.05) is 12.1 Å². The SMILES string of the molecule is CC(=O)N[C@H]1CCN(c2c(C(C)=O)cc(Cl)c3cccnc23)C1. The van der Waals surface area contributed by atoms with Crippen LogP contribution in [0.4, 0.5) is 5.69 Å². The number of pyridine rings is 1. The average molecular weight is 332 g/mol. The van der Waals surface area contributed by atoms with Crippen LogP contribution in [0.5, 0.6) is 0 Å². The molecule has 0 bridgehead atoms. The van der Waals surface area contributed by atoms with Crippen LogP contribution in [-0.2, 0) is 4.79 Å². The molecule has 0 unspecified atom stereocenters. The topological polar surface area (TPSA) is 62.3 Å². The summed E-state index contributed by atoms with van der Waals surface area (Å²) >= 11 is 6.31. The minimum absolute atomic E-state index is 0.0391. The highest BCUT2D eigenvalue weighted by molar-refractivity contribution is 6.36. The first-order valence-electron chi connectivity index (χ1n) is 7.57. The fourth-order valence-corrected chi connectivity index (χ4v) is 3.41. The molecule has 23 heavy (non-hydrogen) atoms. The third-order valence-electron chi connectivity index (χ3n) is 4.11. The Kier molecular flexibility index (Phi) is 4.22. The summed E-state index contributed by atoms with van der Waals surface area (Å²) in [5, 5.41) is 4.30. The van der Waals surface area contributed by atoms with Crippen LogP contribution in [0.1, 0.15) is 30.6 Å². The summed E-state index contributed by atoms with van der Waals surface area (Å²) < 4.78 is 0. The molecule has 1 saturated heterocycles. The van der Waals surface area contributed by atoms with Gasteiger partial charge < -0.3 is 10.2 Å². The van der Waals surface area contributed by atoms with Gasteiger partial charge in [0.1, 0.15) is 0 Å². The van der Waals surface area contributed by atoms with E-state index in [1.165, 1.54) is 13.8 Å². The highest BCUT2D eigenvalue weighted by Crippen LogP contribution is 2.36. The largest absolute Gasteiger partial charge is 0.367 e. The van der Waals surface area contributed by atoms with Gasteiger partial charge in [-0.2, -0.15) is 0 Å².